The number of hydrogen-bond donors (Lipinski definition) is 1. The highest BCUT2D eigenvalue weighted by Crippen LogP contribution is 2.51. The van der Waals surface area contributed by atoms with E-state index in [1.54, 1.807) is 21.3 Å². The monoisotopic (exact) mass is 267 g/mol. The first-order valence-corrected chi connectivity index (χ1v) is 6.40. The highest BCUT2D eigenvalue weighted by Gasteiger charge is 2.36. The van der Waals surface area contributed by atoms with Crippen molar-refractivity contribution in [2.75, 3.05) is 27.9 Å². The van der Waals surface area contributed by atoms with Crippen LogP contribution >= 0.6 is 0 Å². The maximum Gasteiger partial charge on any atom is 0.203 e. The zero-order chi connectivity index (χ0) is 14.0. The average molecular weight is 267 g/mol. The van der Waals surface area contributed by atoms with Crippen LogP contribution in [0, 0.1) is 0 Å². The maximum atomic E-state index is 5.88. The number of methoxy groups -OCH3 is 3. The Kier molecular flexibility index (Phi) is 4.04. The first kappa shape index (κ1) is 13.8. The SMILES string of the molecule is CCNC1c2c(cc(OC)c(OC)c2OC)OC1C. The van der Waals surface area contributed by atoms with E-state index >= 15 is 0 Å². The van der Waals surface area contributed by atoms with Crippen LogP contribution in [0.4, 0.5) is 0 Å². The van der Waals surface area contributed by atoms with Gasteiger partial charge < -0.3 is 24.3 Å². The van der Waals surface area contributed by atoms with E-state index in [0.717, 1.165) is 17.9 Å². The predicted molar refractivity (Wildman–Crippen MR) is 72.6 cm³/mol. The van der Waals surface area contributed by atoms with E-state index in [1.807, 2.05) is 13.0 Å². The summed E-state index contributed by atoms with van der Waals surface area (Å²) < 4.78 is 22.1. The van der Waals surface area contributed by atoms with Crippen molar-refractivity contribution in [2.45, 2.75) is 26.0 Å². The summed E-state index contributed by atoms with van der Waals surface area (Å²) in [5, 5.41) is 3.41. The molecule has 2 unspecified atom stereocenters. The van der Waals surface area contributed by atoms with Gasteiger partial charge in [0, 0.05) is 6.07 Å². The minimum absolute atomic E-state index is 0.0423. The molecule has 0 amide bonds. The van der Waals surface area contributed by atoms with E-state index in [-0.39, 0.29) is 12.1 Å². The Labute approximate surface area is 113 Å². The molecule has 1 aliphatic heterocycles. The van der Waals surface area contributed by atoms with Crippen LogP contribution in [0.5, 0.6) is 23.0 Å². The molecular formula is C14H21NO4. The van der Waals surface area contributed by atoms with Crippen molar-refractivity contribution < 1.29 is 18.9 Å². The quantitative estimate of drug-likeness (QED) is 0.885. The third-order valence-electron chi connectivity index (χ3n) is 3.35. The summed E-state index contributed by atoms with van der Waals surface area (Å²) in [6.07, 6.45) is 0.0423. The number of benzene rings is 1. The summed E-state index contributed by atoms with van der Waals surface area (Å²) in [7, 11) is 4.83. The molecule has 1 aromatic carbocycles. The first-order chi connectivity index (χ1) is 9.17. The van der Waals surface area contributed by atoms with Crippen molar-refractivity contribution >= 4 is 0 Å². The fraction of sp³-hybridized carbons (Fsp3) is 0.571. The van der Waals surface area contributed by atoms with Gasteiger partial charge in [-0.25, -0.2) is 0 Å². The molecule has 0 saturated heterocycles. The van der Waals surface area contributed by atoms with Crippen molar-refractivity contribution in [3.63, 3.8) is 0 Å². The van der Waals surface area contributed by atoms with Crippen LogP contribution in [0.2, 0.25) is 0 Å². The Morgan fingerprint density at radius 1 is 1.16 bits per heavy atom. The highest BCUT2D eigenvalue weighted by molar-refractivity contribution is 5.64. The molecule has 2 rings (SSSR count). The lowest BCUT2D eigenvalue weighted by molar-refractivity contribution is 0.210. The van der Waals surface area contributed by atoms with Crippen LogP contribution in [0.1, 0.15) is 25.5 Å². The molecule has 0 aliphatic carbocycles. The molecule has 0 radical (unpaired) electrons. The molecule has 0 aromatic heterocycles. The lowest BCUT2D eigenvalue weighted by Gasteiger charge is -2.19. The number of likely N-dealkylation sites (N-methyl/N-ethyl adjacent to an activating group) is 1. The molecule has 0 bridgehead atoms. The van der Waals surface area contributed by atoms with E-state index in [1.165, 1.54) is 0 Å². The molecular weight excluding hydrogens is 246 g/mol. The van der Waals surface area contributed by atoms with Crippen molar-refractivity contribution in [1.29, 1.82) is 0 Å². The third-order valence-corrected chi connectivity index (χ3v) is 3.35. The van der Waals surface area contributed by atoms with E-state index in [4.69, 9.17) is 18.9 Å². The molecule has 1 N–H and O–H groups in total. The van der Waals surface area contributed by atoms with Gasteiger partial charge in [0.15, 0.2) is 11.5 Å². The molecule has 2 atom stereocenters. The fourth-order valence-corrected chi connectivity index (χ4v) is 2.54. The molecule has 5 nitrogen and oxygen atoms in total. The van der Waals surface area contributed by atoms with Gasteiger partial charge in [-0.15, -0.1) is 0 Å². The van der Waals surface area contributed by atoms with Crippen molar-refractivity contribution in [1.82, 2.24) is 5.32 Å². The van der Waals surface area contributed by atoms with Crippen molar-refractivity contribution in [2.24, 2.45) is 0 Å². The summed E-state index contributed by atoms with van der Waals surface area (Å²) in [6.45, 7) is 4.96. The number of hydrogen-bond acceptors (Lipinski definition) is 5. The Morgan fingerprint density at radius 3 is 2.37 bits per heavy atom. The number of fused-ring (bicyclic) bond motifs is 1. The van der Waals surface area contributed by atoms with Gasteiger partial charge in [-0.05, 0) is 13.5 Å². The zero-order valence-electron chi connectivity index (χ0n) is 12.1. The van der Waals surface area contributed by atoms with E-state index in [0.29, 0.717) is 17.2 Å². The standard InChI is InChI=1S/C14H21NO4/c1-6-15-12-8(2)19-9-7-10(16-3)13(17-4)14(18-5)11(9)12/h7-8,12,15H,6H2,1-5H3. The van der Waals surface area contributed by atoms with E-state index < -0.39 is 0 Å². The number of ether oxygens (including phenoxy) is 4. The Bertz CT molecular complexity index is 461. The number of nitrogens with one attached hydrogen (secondary N) is 1. The van der Waals surface area contributed by atoms with Gasteiger partial charge in [0.2, 0.25) is 5.75 Å². The summed E-state index contributed by atoms with van der Waals surface area (Å²) in [6, 6.07) is 1.94. The Hall–Kier alpha value is -1.62. The minimum Gasteiger partial charge on any atom is -0.493 e. The van der Waals surface area contributed by atoms with Gasteiger partial charge in [-0.2, -0.15) is 0 Å². The molecule has 106 valence electrons. The highest BCUT2D eigenvalue weighted by atomic mass is 16.5. The van der Waals surface area contributed by atoms with Crippen LogP contribution < -0.4 is 24.3 Å². The van der Waals surface area contributed by atoms with Gasteiger partial charge >= 0.3 is 0 Å². The summed E-state index contributed by atoms with van der Waals surface area (Å²) in [5.74, 6) is 2.67. The van der Waals surface area contributed by atoms with Crippen molar-refractivity contribution in [3.05, 3.63) is 11.6 Å². The van der Waals surface area contributed by atoms with Gasteiger partial charge in [-0.3, -0.25) is 0 Å². The third kappa shape index (κ3) is 2.18. The maximum absolute atomic E-state index is 5.88. The van der Waals surface area contributed by atoms with Crippen LogP contribution in [0.3, 0.4) is 0 Å². The second-order valence-electron chi connectivity index (χ2n) is 4.42. The summed E-state index contributed by atoms with van der Waals surface area (Å²) in [5.41, 5.74) is 0.995. The number of rotatable bonds is 5. The topological polar surface area (TPSA) is 49.0 Å². The van der Waals surface area contributed by atoms with Crippen LogP contribution in [0.25, 0.3) is 0 Å². The first-order valence-electron chi connectivity index (χ1n) is 6.40. The smallest absolute Gasteiger partial charge is 0.203 e. The van der Waals surface area contributed by atoms with Gasteiger partial charge in [0.05, 0.1) is 32.9 Å². The molecule has 1 aromatic rings. The molecule has 5 heteroatoms. The van der Waals surface area contributed by atoms with E-state index in [2.05, 4.69) is 12.2 Å². The molecule has 19 heavy (non-hydrogen) atoms. The molecule has 1 heterocycles. The molecule has 0 spiro atoms. The van der Waals surface area contributed by atoms with Crippen molar-refractivity contribution in [3.8, 4) is 23.0 Å². The fourth-order valence-electron chi connectivity index (χ4n) is 2.54. The Balaban J connectivity index is 2.59. The normalized spacial score (nSPS) is 20.7. The van der Waals surface area contributed by atoms with Gasteiger partial charge in [-0.1, -0.05) is 6.92 Å². The minimum atomic E-state index is 0.0423. The molecule has 0 fully saturated rings. The second-order valence-corrected chi connectivity index (χ2v) is 4.42. The van der Waals surface area contributed by atoms with Gasteiger partial charge in [0.1, 0.15) is 11.9 Å². The second kappa shape index (κ2) is 5.57. The van der Waals surface area contributed by atoms with E-state index in [9.17, 15) is 0 Å². The van der Waals surface area contributed by atoms with Crippen LogP contribution in [0.15, 0.2) is 6.07 Å². The zero-order valence-corrected chi connectivity index (χ0v) is 12.1. The molecule has 0 saturated carbocycles. The average Bonchev–Trinajstić information content (AvgIpc) is 2.73. The van der Waals surface area contributed by atoms with Crippen LogP contribution in [-0.4, -0.2) is 34.0 Å². The largest absolute Gasteiger partial charge is 0.493 e. The summed E-state index contributed by atoms with van der Waals surface area (Å²) in [4.78, 5) is 0. The predicted octanol–water partition coefficient (Wildman–Crippen LogP) is 2.14. The lowest BCUT2D eigenvalue weighted by atomic mass is 10.0. The molecule has 1 aliphatic rings. The summed E-state index contributed by atoms with van der Waals surface area (Å²) >= 11 is 0. The Morgan fingerprint density at radius 2 is 1.84 bits per heavy atom. The lowest BCUT2D eigenvalue weighted by Crippen LogP contribution is -2.28. The van der Waals surface area contributed by atoms with Gasteiger partial charge in [0.25, 0.3) is 0 Å². The van der Waals surface area contributed by atoms with Crippen LogP contribution in [-0.2, 0) is 0 Å².